The summed E-state index contributed by atoms with van der Waals surface area (Å²) in [5, 5.41) is 62.1. The van der Waals surface area contributed by atoms with Crippen LogP contribution in [0.1, 0.15) is 49.5 Å². The van der Waals surface area contributed by atoms with Crippen LogP contribution < -0.4 is 23.7 Å². The molecule has 0 saturated heterocycles. The van der Waals surface area contributed by atoms with E-state index in [1.807, 2.05) is 146 Å². The molecule has 0 fully saturated rings. The number of ether oxygens (including phenoxy) is 6. The molecular formula is C67H51Cl4N9O12. The Morgan fingerprint density at radius 3 is 1.24 bits per heavy atom. The number of methoxy groups -OCH3 is 2. The Kier molecular flexibility index (Phi) is 20.6. The van der Waals surface area contributed by atoms with Gasteiger partial charge in [-0.15, -0.1) is 10.2 Å². The van der Waals surface area contributed by atoms with Crippen LogP contribution in [0.25, 0.3) is 43.1 Å². The van der Waals surface area contributed by atoms with Crippen molar-refractivity contribution in [2.45, 2.75) is 20.0 Å². The van der Waals surface area contributed by atoms with Crippen LogP contribution in [-0.2, 0) is 17.8 Å². The van der Waals surface area contributed by atoms with E-state index in [0.717, 1.165) is 65.7 Å². The molecule has 3 heterocycles. The van der Waals surface area contributed by atoms with E-state index in [9.17, 15) is 24.6 Å². The fourth-order valence-electron chi connectivity index (χ4n) is 9.25. The van der Waals surface area contributed by atoms with Gasteiger partial charge in [-0.05, 0) is 90.8 Å². The Labute approximate surface area is 543 Å². The summed E-state index contributed by atoms with van der Waals surface area (Å²) in [7, 11) is 3.20. The number of H-pyrrole nitrogens is 1. The van der Waals surface area contributed by atoms with E-state index >= 15 is 0 Å². The largest absolute Gasteiger partial charge is 0.507 e. The van der Waals surface area contributed by atoms with Gasteiger partial charge in [0.2, 0.25) is 17.1 Å². The SMILES string of the molecule is CCOC(=O)c1nnn(Cc2ccc(OC)cc2)c1Oc1ccc(Cl)c2ccccc12.COc1ccc(Cn2nnc(C(=O)O)c2Oc2ccc(Cl)c3ccccc23)cc1.O=C(O)c1[nH]nnc1Oc1ccc(Cl)c2ccccc12.Oc1ccc(Cl)c2ccccc12. The van der Waals surface area contributed by atoms with Gasteiger partial charge in [-0.25, -0.2) is 28.8 Å². The number of carboxylic acids is 2. The molecular weight excluding hydrogens is 1260 g/mol. The molecule has 0 aliphatic rings. The molecule has 0 unspecified atom stereocenters. The second-order valence-electron chi connectivity index (χ2n) is 19.5. The first-order valence-corrected chi connectivity index (χ1v) is 29.2. The highest BCUT2D eigenvalue weighted by Crippen LogP contribution is 2.39. The van der Waals surface area contributed by atoms with E-state index in [-0.39, 0.29) is 53.6 Å². The third kappa shape index (κ3) is 14.8. The molecule has 21 nitrogen and oxygen atoms in total. The van der Waals surface area contributed by atoms with Crippen LogP contribution >= 0.6 is 46.4 Å². The molecule has 0 aliphatic heterocycles. The van der Waals surface area contributed by atoms with E-state index in [1.54, 1.807) is 69.7 Å². The van der Waals surface area contributed by atoms with Crippen LogP contribution in [0.4, 0.5) is 0 Å². The predicted octanol–water partition coefficient (Wildman–Crippen LogP) is 16.0. The van der Waals surface area contributed by atoms with Crippen LogP contribution in [0.2, 0.25) is 20.1 Å². The number of halogens is 4. The molecule has 0 bridgehead atoms. The number of phenols is 1. The maximum atomic E-state index is 12.5. The maximum absolute atomic E-state index is 12.5. The summed E-state index contributed by atoms with van der Waals surface area (Å²) in [6.45, 7) is 2.57. The number of aromatic amines is 1. The summed E-state index contributed by atoms with van der Waals surface area (Å²) in [6.07, 6.45) is 0. The first-order valence-electron chi connectivity index (χ1n) is 27.7. The number of aromatic hydroxyl groups is 1. The molecule has 4 N–H and O–H groups in total. The number of carbonyl (C=O) groups is 3. The topological polar surface area (TPSA) is 270 Å². The van der Waals surface area contributed by atoms with Crippen molar-refractivity contribution in [3.63, 3.8) is 0 Å². The second kappa shape index (κ2) is 29.6. The van der Waals surface area contributed by atoms with E-state index in [4.69, 9.17) is 79.9 Å². The zero-order valence-corrected chi connectivity index (χ0v) is 51.7. The summed E-state index contributed by atoms with van der Waals surface area (Å²) in [6, 6.07) is 58.4. The van der Waals surface area contributed by atoms with Crippen molar-refractivity contribution in [3.05, 3.63) is 242 Å². The second-order valence-corrected chi connectivity index (χ2v) is 21.1. The molecule has 25 heteroatoms. The van der Waals surface area contributed by atoms with Gasteiger partial charge in [0.1, 0.15) is 34.5 Å². The number of esters is 1. The lowest BCUT2D eigenvalue weighted by atomic mass is 10.1. The standard InChI is InChI=1S/C23H20ClN3O4.C21H16ClN3O4.C13H8ClN3O3.C10H7ClO/c1-3-30-23(28)21-22(27(26-25-21)14-15-8-10-16(29-2)11-9-15)31-20-13-12-19(24)17-6-4-5-7-18(17)20;1-28-14-8-6-13(7-9-14)12-25-20(19(21(26)27)23-24-25)29-18-11-10-17(22)15-4-2-3-5-16(15)18;14-9-5-6-10(8-4-2-1-3-7(8)9)20-12-11(13(18)19)15-17-16-12;11-9-5-6-10(12)8-4-2-1-3-7(8)9/h4-13H,3,14H2,1-2H3;2-11H,12H2,1H3,(H,26,27);1-6H,(H,18,19)(H,15,16,17);1-6,12H. The van der Waals surface area contributed by atoms with Crippen LogP contribution in [-0.4, -0.2) is 99.5 Å². The summed E-state index contributed by atoms with van der Waals surface area (Å²) in [5.74, 6) is 0.333. The number of aromatic nitrogens is 9. The Morgan fingerprint density at radius 2 is 0.837 bits per heavy atom. The van der Waals surface area contributed by atoms with E-state index in [0.29, 0.717) is 43.9 Å². The lowest BCUT2D eigenvalue weighted by Crippen LogP contribution is -2.09. The number of hydrogen-bond donors (Lipinski definition) is 4. The first-order chi connectivity index (χ1) is 44.6. The van der Waals surface area contributed by atoms with Crippen molar-refractivity contribution in [2.75, 3.05) is 20.8 Å². The number of nitrogens with zero attached hydrogens (tertiary/aromatic N) is 8. The lowest BCUT2D eigenvalue weighted by molar-refractivity contribution is 0.0515. The third-order valence-corrected chi connectivity index (χ3v) is 15.0. The first kappa shape index (κ1) is 64.0. The lowest BCUT2D eigenvalue weighted by Gasteiger charge is -2.12. The van der Waals surface area contributed by atoms with Gasteiger partial charge in [-0.2, -0.15) is 0 Å². The van der Waals surface area contributed by atoms with Crippen LogP contribution in [0.5, 0.6) is 52.1 Å². The molecule has 0 spiro atoms. The molecule has 13 rings (SSSR count). The number of rotatable bonds is 16. The van der Waals surface area contributed by atoms with Crippen molar-refractivity contribution in [3.8, 4) is 52.1 Å². The van der Waals surface area contributed by atoms with Gasteiger partial charge in [0.05, 0.1) is 33.9 Å². The van der Waals surface area contributed by atoms with Gasteiger partial charge in [0.15, 0.2) is 0 Å². The number of hydrogen-bond acceptors (Lipinski definition) is 16. The molecule has 0 radical (unpaired) electrons. The number of fused-ring (bicyclic) bond motifs is 4. The fraction of sp³-hybridized carbons (Fsp3) is 0.0896. The molecule has 0 amide bonds. The molecule has 464 valence electrons. The highest BCUT2D eigenvalue weighted by Gasteiger charge is 2.26. The third-order valence-electron chi connectivity index (χ3n) is 13.7. The van der Waals surface area contributed by atoms with E-state index in [1.165, 1.54) is 9.36 Å². The quantitative estimate of drug-likeness (QED) is 0.0655. The molecule has 0 atom stereocenters. The number of carboxylic acid groups (broad SMARTS) is 2. The minimum Gasteiger partial charge on any atom is -0.507 e. The Balaban J connectivity index is 0.000000141. The Morgan fingerprint density at radius 1 is 0.457 bits per heavy atom. The van der Waals surface area contributed by atoms with Crippen molar-refractivity contribution in [2.24, 2.45) is 0 Å². The summed E-state index contributed by atoms with van der Waals surface area (Å²) < 4.78 is 36.2. The van der Waals surface area contributed by atoms with Gasteiger partial charge in [-0.3, -0.25) is 0 Å². The highest BCUT2D eigenvalue weighted by atomic mass is 35.5. The number of phenolic OH excluding ortho intramolecular Hbond substituents is 1. The van der Waals surface area contributed by atoms with E-state index in [2.05, 4.69) is 36.0 Å². The minimum absolute atomic E-state index is 0.00870. The fourth-order valence-corrected chi connectivity index (χ4v) is 10.2. The van der Waals surface area contributed by atoms with Gasteiger partial charge >= 0.3 is 17.9 Å². The molecule has 92 heavy (non-hydrogen) atoms. The summed E-state index contributed by atoms with van der Waals surface area (Å²) >= 11 is 24.6. The predicted molar refractivity (Wildman–Crippen MR) is 348 cm³/mol. The smallest absolute Gasteiger partial charge is 0.364 e. The van der Waals surface area contributed by atoms with Gasteiger partial charge < -0.3 is 43.7 Å². The molecule has 10 aromatic carbocycles. The van der Waals surface area contributed by atoms with Crippen LogP contribution in [0.3, 0.4) is 0 Å². The molecule has 3 aromatic heterocycles. The Hall–Kier alpha value is -11.0. The molecule has 0 aliphatic carbocycles. The van der Waals surface area contributed by atoms with E-state index < -0.39 is 17.9 Å². The average molecular weight is 1320 g/mol. The Bertz CT molecular complexity index is 4760. The van der Waals surface area contributed by atoms with Crippen LogP contribution in [0, 0.1) is 0 Å². The maximum Gasteiger partial charge on any atom is 0.364 e. The number of nitrogens with one attached hydrogen (secondary N) is 1. The summed E-state index contributed by atoms with van der Waals surface area (Å²) in [4.78, 5) is 35.1. The minimum atomic E-state index is -1.22. The average Bonchev–Trinajstić information content (AvgIpc) is 1.39. The van der Waals surface area contributed by atoms with Crippen molar-refractivity contribution >= 4 is 107 Å². The number of aromatic carboxylic acids is 2. The number of benzene rings is 10. The van der Waals surface area contributed by atoms with Crippen molar-refractivity contribution in [1.29, 1.82) is 0 Å². The summed E-state index contributed by atoms with van der Waals surface area (Å²) in [5.41, 5.74) is 1.36. The van der Waals surface area contributed by atoms with Gasteiger partial charge in [0.25, 0.3) is 17.6 Å². The normalized spacial score (nSPS) is 10.7. The molecule has 0 saturated carbocycles. The number of carbonyl (C=O) groups excluding carboxylic acids is 1. The van der Waals surface area contributed by atoms with Gasteiger partial charge in [-0.1, -0.05) is 188 Å². The zero-order chi connectivity index (χ0) is 64.8. The van der Waals surface area contributed by atoms with Crippen molar-refractivity contribution < 1.29 is 58.1 Å². The molecule has 13 aromatic rings. The van der Waals surface area contributed by atoms with Gasteiger partial charge in [0, 0.05) is 63.2 Å². The zero-order valence-electron chi connectivity index (χ0n) is 48.7. The van der Waals surface area contributed by atoms with Crippen molar-refractivity contribution in [1.82, 2.24) is 45.4 Å². The highest BCUT2D eigenvalue weighted by molar-refractivity contribution is 6.37. The monoisotopic (exact) mass is 1310 g/mol. The van der Waals surface area contributed by atoms with Crippen LogP contribution in [0.15, 0.2) is 194 Å².